The van der Waals surface area contributed by atoms with E-state index in [2.05, 4.69) is 18.7 Å². The Balaban J connectivity index is 1.71. The minimum atomic E-state index is -0.286. The third-order valence-corrected chi connectivity index (χ3v) is 4.00. The first kappa shape index (κ1) is 10.4. The summed E-state index contributed by atoms with van der Waals surface area (Å²) in [7, 11) is 0. The molecule has 1 aliphatic heterocycles. The summed E-state index contributed by atoms with van der Waals surface area (Å²) in [6.07, 6.45) is 5.06. The molecule has 1 saturated heterocycles. The maximum absolute atomic E-state index is 10.1. The molecule has 0 aromatic rings. The Morgan fingerprint density at radius 1 is 1.29 bits per heavy atom. The van der Waals surface area contributed by atoms with Crippen LogP contribution in [0.3, 0.4) is 0 Å². The Labute approximate surface area is 87.3 Å². The highest BCUT2D eigenvalue weighted by atomic mass is 16.3. The fourth-order valence-corrected chi connectivity index (χ4v) is 2.65. The fraction of sp³-hybridized carbons (Fsp3) is 1.00. The molecule has 0 radical (unpaired) electrons. The lowest BCUT2D eigenvalue weighted by molar-refractivity contribution is -0.117. The number of rotatable bonds is 5. The van der Waals surface area contributed by atoms with Crippen LogP contribution >= 0.6 is 0 Å². The van der Waals surface area contributed by atoms with Crippen LogP contribution in [0.25, 0.3) is 0 Å². The number of nitrogens with zero attached hydrogens (tertiary/aromatic N) is 1. The number of hydrogen-bond donors (Lipinski definition) is 1. The zero-order chi connectivity index (χ0) is 10.2. The van der Waals surface area contributed by atoms with Crippen LogP contribution in [0.4, 0.5) is 0 Å². The van der Waals surface area contributed by atoms with Crippen molar-refractivity contribution in [2.45, 2.75) is 45.1 Å². The van der Waals surface area contributed by atoms with Gasteiger partial charge in [0, 0.05) is 19.6 Å². The number of aliphatic hydroxyl groups is 1. The van der Waals surface area contributed by atoms with E-state index in [-0.39, 0.29) is 5.60 Å². The molecule has 2 heteroatoms. The van der Waals surface area contributed by atoms with E-state index >= 15 is 0 Å². The Bertz CT molecular complexity index is 188. The van der Waals surface area contributed by atoms with Gasteiger partial charge in [-0.2, -0.15) is 0 Å². The lowest BCUT2D eigenvalue weighted by Gasteiger charge is -2.48. The molecule has 2 fully saturated rings. The van der Waals surface area contributed by atoms with Crippen molar-refractivity contribution < 1.29 is 5.11 Å². The molecule has 1 aliphatic carbocycles. The van der Waals surface area contributed by atoms with Crippen molar-refractivity contribution in [3.8, 4) is 0 Å². The van der Waals surface area contributed by atoms with Crippen LogP contribution in [0.2, 0.25) is 0 Å². The zero-order valence-corrected chi connectivity index (χ0v) is 9.50. The first-order valence-electron chi connectivity index (χ1n) is 6.12. The van der Waals surface area contributed by atoms with E-state index < -0.39 is 0 Å². The number of β-amino-alcohol motifs (C(OH)–C–C–N with tert-alkyl or cyclic N) is 1. The molecule has 0 amide bonds. The molecule has 2 rings (SSSR count). The molecular weight excluding hydrogens is 174 g/mol. The first-order chi connectivity index (χ1) is 6.68. The summed E-state index contributed by atoms with van der Waals surface area (Å²) >= 11 is 0. The van der Waals surface area contributed by atoms with Gasteiger partial charge < -0.3 is 5.11 Å². The average Bonchev–Trinajstić information content (AvgIpc) is 2.93. The van der Waals surface area contributed by atoms with Gasteiger partial charge in [-0.25, -0.2) is 0 Å². The largest absolute Gasteiger partial charge is 0.387 e. The van der Waals surface area contributed by atoms with Crippen molar-refractivity contribution in [2.75, 3.05) is 19.6 Å². The van der Waals surface area contributed by atoms with Crippen LogP contribution in [0.1, 0.15) is 39.5 Å². The van der Waals surface area contributed by atoms with Gasteiger partial charge in [0.15, 0.2) is 0 Å². The predicted octanol–water partition coefficient (Wildman–Crippen LogP) is 1.88. The highest BCUT2D eigenvalue weighted by Gasteiger charge is 2.51. The van der Waals surface area contributed by atoms with Gasteiger partial charge in [-0.3, -0.25) is 4.90 Å². The van der Waals surface area contributed by atoms with Crippen molar-refractivity contribution in [2.24, 2.45) is 11.8 Å². The topological polar surface area (TPSA) is 23.5 Å². The Kier molecular flexibility index (Phi) is 2.85. The fourth-order valence-electron chi connectivity index (χ4n) is 2.65. The quantitative estimate of drug-likeness (QED) is 0.727. The summed E-state index contributed by atoms with van der Waals surface area (Å²) < 4.78 is 0. The van der Waals surface area contributed by atoms with Gasteiger partial charge in [0.25, 0.3) is 0 Å². The SMILES string of the molecule is CCC(CC)CN1CC(O)(C2CC2)C1. The molecule has 0 aromatic carbocycles. The van der Waals surface area contributed by atoms with E-state index in [9.17, 15) is 5.11 Å². The van der Waals surface area contributed by atoms with Crippen LogP contribution in [0.5, 0.6) is 0 Å². The second-order valence-electron chi connectivity index (χ2n) is 5.23. The summed E-state index contributed by atoms with van der Waals surface area (Å²) in [5.41, 5.74) is -0.286. The third kappa shape index (κ3) is 1.96. The monoisotopic (exact) mass is 197 g/mol. The van der Waals surface area contributed by atoms with Crippen molar-refractivity contribution in [3.05, 3.63) is 0 Å². The Hall–Kier alpha value is -0.0800. The van der Waals surface area contributed by atoms with Crippen molar-refractivity contribution in [1.29, 1.82) is 0 Å². The van der Waals surface area contributed by atoms with Crippen LogP contribution in [-0.2, 0) is 0 Å². The summed E-state index contributed by atoms with van der Waals surface area (Å²) in [6.45, 7) is 7.60. The lowest BCUT2D eigenvalue weighted by atomic mass is 9.87. The summed E-state index contributed by atoms with van der Waals surface area (Å²) in [6, 6.07) is 0. The molecule has 82 valence electrons. The molecule has 14 heavy (non-hydrogen) atoms. The number of likely N-dealkylation sites (tertiary alicyclic amines) is 1. The van der Waals surface area contributed by atoms with Crippen molar-refractivity contribution in [1.82, 2.24) is 4.90 Å². The first-order valence-corrected chi connectivity index (χ1v) is 6.12. The normalized spacial score (nSPS) is 26.6. The second-order valence-corrected chi connectivity index (χ2v) is 5.23. The standard InChI is InChI=1S/C12H23NO/c1-3-10(4-2)7-13-8-12(14,9-13)11-5-6-11/h10-11,14H,3-9H2,1-2H3. The minimum absolute atomic E-state index is 0.286. The van der Waals surface area contributed by atoms with Gasteiger partial charge in [-0.15, -0.1) is 0 Å². The molecule has 2 aliphatic rings. The summed E-state index contributed by atoms with van der Waals surface area (Å²) in [5.74, 6) is 1.47. The molecule has 1 heterocycles. The van der Waals surface area contributed by atoms with Gasteiger partial charge in [0.05, 0.1) is 5.60 Å². The molecule has 0 bridgehead atoms. The smallest absolute Gasteiger partial charge is 0.0928 e. The van der Waals surface area contributed by atoms with Crippen LogP contribution < -0.4 is 0 Å². The van der Waals surface area contributed by atoms with Gasteiger partial charge in [-0.1, -0.05) is 26.7 Å². The molecule has 0 aromatic heterocycles. The Morgan fingerprint density at radius 3 is 2.29 bits per heavy atom. The second kappa shape index (κ2) is 3.82. The van der Waals surface area contributed by atoms with Gasteiger partial charge in [0.2, 0.25) is 0 Å². The molecular formula is C12H23NO. The molecule has 2 nitrogen and oxygen atoms in total. The van der Waals surface area contributed by atoms with E-state index in [4.69, 9.17) is 0 Å². The third-order valence-electron chi connectivity index (χ3n) is 4.00. The highest BCUT2D eigenvalue weighted by molar-refractivity contribution is 5.05. The van der Waals surface area contributed by atoms with Crippen LogP contribution in [0.15, 0.2) is 0 Å². The van der Waals surface area contributed by atoms with Gasteiger partial charge >= 0.3 is 0 Å². The van der Waals surface area contributed by atoms with Gasteiger partial charge in [-0.05, 0) is 24.7 Å². The maximum Gasteiger partial charge on any atom is 0.0928 e. The molecule has 0 spiro atoms. The summed E-state index contributed by atoms with van der Waals surface area (Å²) in [5, 5.41) is 10.1. The average molecular weight is 197 g/mol. The molecule has 0 unspecified atom stereocenters. The van der Waals surface area contributed by atoms with Crippen LogP contribution in [0, 0.1) is 11.8 Å². The maximum atomic E-state index is 10.1. The van der Waals surface area contributed by atoms with Gasteiger partial charge in [0.1, 0.15) is 0 Å². The minimum Gasteiger partial charge on any atom is -0.387 e. The molecule has 1 N–H and O–H groups in total. The van der Waals surface area contributed by atoms with E-state index in [1.165, 1.54) is 32.2 Å². The number of hydrogen-bond acceptors (Lipinski definition) is 2. The van der Waals surface area contributed by atoms with E-state index in [1.54, 1.807) is 0 Å². The lowest BCUT2D eigenvalue weighted by Crippen LogP contribution is -2.63. The highest BCUT2D eigenvalue weighted by Crippen LogP contribution is 2.44. The van der Waals surface area contributed by atoms with E-state index in [0.717, 1.165) is 19.0 Å². The van der Waals surface area contributed by atoms with Crippen molar-refractivity contribution in [3.63, 3.8) is 0 Å². The van der Waals surface area contributed by atoms with E-state index in [1.807, 2.05) is 0 Å². The predicted molar refractivity (Wildman–Crippen MR) is 58.2 cm³/mol. The van der Waals surface area contributed by atoms with Crippen LogP contribution in [-0.4, -0.2) is 35.2 Å². The molecule has 1 saturated carbocycles. The zero-order valence-electron chi connectivity index (χ0n) is 9.50. The Morgan fingerprint density at radius 2 is 1.86 bits per heavy atom. The molecule has 0 atom stereocenters. The summed E-state index contributed by atoms with van der Waals surface area (Å²) in [4.78, 5) is 2.43. The van der Waals surface area contributed by atoms with Crippen molar-refractivity contribution >= 4 is 0 Å². The van der Waals surface area contributed by atoms with E-state index in [0.29, 0.717) is 5.92 Å².